The molecule has 32 heavy (non-hydrogen) atoms. The van der Waals surface area contributed by atoms with Crippen LogP contribution < -0.4 is 5.32 Å². The maximum Gasteiger partial charge on any atom is 0.337 e. The molecule has 4 amide bonds. The Morgan fingerprint density at radius 2 is 1.66 bits per heavy atom. The van der Waals surface area contributed by atoms with Crippen LogP contribution in [0.1, 0.15) is 28.4 Å². The molecular weight excluding hydrogens is 514 g/mol. The van der Waals surface area contributed by atoms with E-state index in [4.69, 9.17) is 0 Å². The number of benzene rings is 2. The molecule has 3 aliphatic rings. The number of fused-ring (bicyclic) bond motifs is 1. The summed E-state index contributed by atoms with van der Waals surface area (Å²) in [4.78, 5) is 52.6. The number of aryl methyl sites for hydroxylation is 1. The number of nitrogens with zero attached hydrogens (tertiary/aromatic N) is 2. The minimum absolute atomic E-state index is 0.0401. The maximum atomic E-state index is 13.8. The Labute approximate surface area is 201 Å². The van der Waals surface area contributed by atoms with E-state index in [1.807, 2.05) is 43.3 Å². The Morgan fingerprint density at radius 1 is 1.00 bits per heavy atom. The maximum absolute atomic E-state index is 13.8. The SMILES string of the molecule is Cc1ccc2c(c1)NC1(SCC(=O)N1C(=O)N1C(=O)CSC1(C)c1ccc(Br)cc1)C2=O. The zero-order valence-corrected chi connectivity index (χ0v) is 20.4. The van der Waals surface area contributed by atoms with Gasteiger partial charge in [0.05, 0.1) is 11.5 Å². The molecule has 1 spiro atoms. The number of ketones is 1. The number of halogens is 1. The normalized spacial score (nSPS) is 26.8. The van der Waals surface area contributed by atoms with Gasteiger partial charge in [0, 0.05) is 15.7 Å². The third-order valence-corrected chi connectivity index (χ3v) is 9.10. The summed E-state index contributed by atoms with van der Waals surface area (Å²) < 4.78 is 0.871. The fourth-order valence-electron chi connectivity index (χ4n) is 4.28. The molecule has 2 aromatic rings. The van der Waals surface area contributed by atoms with Gasteiger partial charge in [0.1, 0.15) is 4.87 Å². The molecule has 3 heterocycles. The highest BCUT2D eigenvalue weighted by Gasteiger charge is 2.62. The second-order valence-corrected chi connectivity index (χ2v) is 11.4. The zero-order chi connectivity index (χ0) is 22.8. The van der Waals surface area contributed by atoms with Gasteiger partial charge in [0.2, 0.25) is 22.6 Å². The van der Waals surface area contributed by atoms with Gasteiger partial charge in [0.15, 0.2) is 0 Å². The molecule has 10 heteroatoms. The fourth-order valence-corrected chi connectivity index (χ4v) is 6.89. The smallest absolute Gasteiger partial charge is 0.337 e. The molecule has 164 valence electrons. The highest BCUT2D eigenvalue weighted by atomic mass is 79.9. The van der Waals surface area contributed by atoms with Crippen LogP contribution in [0.4, 0.5) is 10.5 Å². The molecule has 2 fully saturated rings. The van der Waals surface area contributed by atoms with E-state index in [0.29, 0.717) is 11.3 Å². The lowest BCUT2D eigenvalue weighted by Gasteiger charge is -2.38. The second-order valence-electron chi connectivity index (χ2n) is 7.96. The first kappa shape index (κ1) is 21.5. The largest absolute Gasteiger partial charge is 0.346 e. The second kappa shape index (κ2) is 7.36. The third kappa shape index (κ3) is 2.96. The number of amides is 4. The molecule has 2 atom stereocenters. The van der Waals surface area contributed by atoms with Crippen molar-refractivity contribution in [1.82, 2.24) is 9.80 Å². The van der Waals surface area contributed by atoms with Crippen molar-refractivity contribution in [3.05, 3.63) is 63.6 Å². The Hall–Kier alpha value is -2.30. The highest BCUT2D eigenvalue weighted by molar-refractivity contribution is 9.10. The van der Waals surface area contributed by atoms with E-state index in [9.17, 15) is 19.2 Å². The summed E-state index contributed by atoms with van der Waals surface area (Å²) in [5.41, 5.74) is 2.70. The van der Waals surface area contributed by atoms with Crippen LogP contribution in [0, 0.1) is 6.92 Å². The van der Waals surface area contributed by atoms with Gasteiger partial charge in [-0.05, 0) is 49.2 Å². The van der Waals surface area contributed by atoms with Gasteiger partial charge in [-0.1, -0.05) is 45.9 Å². The number of urea groups is 1. The number of rotatable bonds is 1. The van der Waals surface area contributed by atoms with Crippen LogP contribution in [0.25, 0.3) is 0 Å². The average molecular weight is 532 g/mol. The molecule has 5 rings (SSSR count). The van der Waals surface area contributed by atoms with Crippen molar-refractivity contribution in [1.29, 1.82) is 0 Å². The number of hydrogen-bond donors (Lipinski definition) is 1. The summed E-state index contributed by atoms with van der Waals surface area (Å²) in [6.45, 7) is 3.68. The van der Waals surface area contributed by atoms with Crippen LogP contribution in [0.5, 0.6) is 0 Å². The van der Waals surface area contributed by atoms with Gasteiger partial charge in [-0.2, -0.15) is 0 Å². The van der Waals surface area contributed by atoms with E-state index < -0.39 is 27.7 Å². The van der Waals surface area contributed by atoms with Crippen LogP contribution in [-0.4, -0.2) is 49.9 Å². The van der Waals surface area contributed by atoms with Gasteiger partial charge in [-0.25, -0.2) is 14.6 Å². The highest BCUT2D eigenvalue weighted by Crippen LogP contribution is 2.50. The van der Waals surface area contributed by atoms with E-state index in [1.165, 1.54) is 11.8 Å². The van der Waals surface area contributed by atoms with Crippen LogP contribution in [-0.2, 0) is 14.5 Å². The minimum atomic E-state index is -1.58. The summed E-state index contributed by atoms with van der Waals surface area (Å²) in [6, 6.07) is 11.9. The van der Waals surface area contributed by atoms with E-state index in [0.717, 1.165) is 37.2 Å². The summed E-state index contributed by atoms with van der Waals surface area (Å²) in [7, 11) is 0. The number of thioether (sulfide) groups is 2. The summed E-state index contributed by atoms with van der Waals surface area (Å²) in [6.07, 6.45) is 0. The number of carbonyl (C=O) groups excluding carboxylic acids is 4. The Morgan fingerprint density at radius 3 is 2.38 bits per heavy atom. The topological polar surface area (TPSA) is 86.8 Å². The molecule has 0 saturated carbocycles. The molecule has 0 aliphatic carbocycles. The van der Waals surface area contributed by atoms with Gasteiger partial charge in [0.25, 0.3) is 0 Å². The van der Waals surface area contributed by atoms with Crippen LogP contribution in [0.3, 0.4) is 0 Å². The van der Waals surface area contributed by atoms with Crippen molar-refractivity contribution in [3.63, 3.8) is 0 Å². The first-order valence-corrected chi connectivity index (χ1v) is 12.6. The summed E-state index contributed by atoms with van der Waals surface area (Å²) in [5, 5.41) is 3.12. The molecule has 2 unspecified atom stereocenters. The quantitative estimate of drug-likeness (QED) is 0.590. The summed E-state index contributed by atoms with van der Waals surface area (Å²) in [5.74, 6) is -1.21. The number of anilines is 1. The van der Waals surface area contributed by atoms with E-state index in [2.05, 4.69) is 21.2 Å². The Bertz CT molecular complexity index is 1200. The van der Waals surface area contributed by atoms with Crippen molar-refractivity contribution in [3.8, 4) is 0 Å². The lowest BCUT2D eigenvalue weighted by atomic mass is 10.1. The molecule has 2 aromatic carbocycles. The number of imide groups is 2. The average Bonchev–Trinajstić information content (AvgIpc) is 3.34. The van der Waals surface area contributed by atoms with Gasteiger partial charge in [-0.15, -0.1) is 11.8 Å². The lowest BCUT2D eigenvalue weighted by molar-refractivity contribution is -0.130. The van der Waals surface area contributed by atoms with Crippen molar-refractivity contribution in [2.24, 2.45) is 0 Å². The number of hydrogen-bond acceptors (Lipinski definition) is 7. The number of nitrogens with one attached hydrogen (secondary N) is 1. The zero-order valence-electron chi connectivity index (χ0n) is 17.2. The Kier molecular flexibility index (Phi) is 4.95. The fraction of sp³-hybridized carbons (Fsp3) is 0.273. The van der Waals surface area contributed by atoms with Gasteiger partial charge < -0.3 is 5.32 Å². The number of carbonyl (C=O) groups is 4. The molecule has 0 bridgehead atoms. The van der Waals surface area contributed by atoms with Gasteiger partial charge >= 0.3 is 6.03 Å². The van der Waals surface area contributed by atoms with E-state index in [-0.39, 0.29) is 17.3 Å². The monoisotopic (exact) mass is 531 g/mol. The molecule has 7 nitrogen and oxygen atoms in total. The molecule has 1 N–H and O–H groups in total. The predicted molar refractivity (Wildman–Crippen MR) is 127 cm³/mol. The molecule has 2 saturated heterocycles. The minimum Gasteiger partial charge on any atom is -0.346 e. The predicted octanol–water partition coefficient (Wildman–Crippen LogP) is 4.16. The molecule has 0 aromatic heterocycles. The van der Waals surface area contributed by atoms with Gasteiger partial charge in [-0.3, -0.25) is 14.4 Å². The third-order valence-electron chi connectivity index (χ3n) is 5.92. The number of Topliss-reactive ketones (excluding diaryl/α,β-unsaturated/α-hetero) is 1. The first-order chi connectivity index (χ1) is 15.2. The van der Waals surface area contributed by atoms with E-state index >= 15 is 0 Å². The van der Waals surface area contributed by atoms with E-state index in [1.54, 1.807) is 13.0 Å². The molecule has 3 aliphatic heterocycles. The van der Waals surface area contributed by atoms with Crippen LogP contribution >= 0.6 is 39.5 Å². The van der Waals surface area contributed by atoms with Crippen molar-refractivity contribution in [2.45, 2.75) is 23.7 Å². The van der Waals surface area contributed by atoms with Crippen LogP contribution in [0.2, 0.25) is 0 Å². The standard InChI is InChI=1S/C22H18BrN3O4S2/c1-12-3-8-15-16(9-12)24-22(19(15)29)26(18(28)11-32-22)20(30)25-17(27)10-31-21(25,2)13-4-6-14(23)7-5-13/h3-9,24H,10-11H2,1-2H3. The van der Waals surface area contributed by atoms with Crippen molar-refractivity contribution < 1.29 is 19.2 Å². The Balaban J connectivity index is 1.56. The lowest BCUT2D eigenvalue weighted by Crippen LogP contribution is -2.61. The van der Waals surface area contributed by atoms with Crippen molar-refractivity contribution in [2.75, 3.05) is 16.8 Å². The summed E-state index contributed by atoms with van der Waals surface area (Å²) >= 11 is 5.79. The molecule has 0 radical (unpaired) electrons. The molecular formula is C22H18BrN3O4S2. The van der Waals surface area contributed by atoms with Crippen molar-refractivity contribution >= 4 is 68.8 Å². The van der Waals surface area contributed by atoms with Crippen LogP contribution in [0.15, 0.2) is 46.9 Å². The first-order valence-electron chi connectivity index (χ1n) is 9.85.